The first kappa shape index (κ1) is 51.3. The average Bonchev–Trinajstić information content (AvgIpc) is 3.68. The summed E-state index contributed by atoms with van der Waals surface area (Å²) in [5, 5.41) is 34.5. The van der Waals surface area contributed by atoms with Gasteiger partial charge in [0.05, 0.1) is 37.3 Å². The Morgan fingerprint density at radius 1 is 0.662 bits per heavy atom. The van der Waals surface area contributed by atoms with Crippen LogP contribution in [-0.4, -0.2) is 98.9 Å². The van der Waals surface area contributed by atoms with Crippen LogP contribution in [0.25, 0.3) is 0 Å². The van der Waals surface area contributed by atoms with E-state index in [4.69, 9.17) is 28.4 Å². The van der Waals surface area contributed by atoms with Gasteiger partial charge in [-0.2, -0.15) is 0 Å². The first-order valence-electron chi connectivity index (χ1n) is 22.9. The number of oxime groups is 1. The van der Waals surface area contributed by atoms with Crippen molar-refractivity contribution in [3.63, 3.8) is 0 Å². The van der Waals surface area contributed by atoms with Crippen LogP contribution in [0.5, 0.6) is 0 Å². The topological polar surface area (TPSA) is 180 Å². The molecule has 2 aromatic rings. The molecule has 4 aliphatic rings. The van der Waals surface area contributed by atoms with Crippen molar-refractivity contribution in [1.29, 1.82) is 0 Å². The molecule has 0 aromatic heterocycles. The quantitative estimate of drug-likeness (QED) is 0.102. The fraction of sp³-hybridized carbons (Fsp3) is 0.577. The van der Waals surface area contributed by atoms with Crippen LogP contribution in [-0.2, 0) is 56.0 Å². The Balaban J connectivity index is 0.000000244. The highest BCUT2D eigenvalue weighted by atomic mass is 16.6. The number of aliphatic hydroxyl groups excluding tert-OH is 2. The van der Waals surface area contributed by atoms with Gasteiger partial charge in [-0.05, 0) is 102 Å². The predicted octanol–water partition coefficient (Wildman–Crippen LogP) is 7.78. The number of hydrogen-bond acceptors (Lipinski definition) is 13. The Morgan fingerprint density at radius 3 is 1.48 bits per heavy atom. The zero-order valence-corrected chi connectivity index (χ0v) is 39.6. The van der Waals surface area contributed by atoms with Crippen LogP contribution in [0.15, 0.2) is 101 Å². The number of carbonyl (C=O) groups excluding carboxylic acids is 3. The maximum atomic E-state index is 12.9. The van der Waals surface area contributed by atoms with Crippen molar-refractivity contribution < 1.29 is 58.2 Å². The number of esters is 2. The highest BCUT2D eigenvalue weighted by molar-refractivity contribution is 5.98. The highest BCUT2D eigenvalue weighted by Crippen LogP contribution is 2.40. The number of Topliss-reactive ketones (excluding diaryl/α,β-unsaturated/α-hetero) is 1. The monoisotopic (exact) mass is 899 g/mol. The third-order valence-electron chi connectivity index (χ3n) is 13.2. The summed E-state index contributed by atoms with van der Waals surface area (Å²) in [5.41, 5.74) is 8.07. The molecule has 2 saturated heterocycles. The molecule has 65 heavy (non-hydrogen) atoms. The zero-order valence-electron chi connectivity index (χ0n) is 39.6. The standard InChI is InChI=1S/C26H35NO6.C26H34O6/c1-6-20-16(2)12-13-21(31-15-19-10-8-7-9-11-19)17(3)14-26(5)24(27-30)22(28)23(33-26)18(4)25(29)32-20;1-6-20-16(2)12-13-21(30-15-19-10-8-7-9-11-19)17(3)14-26(5)24(28)22(27)23(32-26)18(4)25(29)31-20/h7-11,13,17-18,20-23,28,30H,6,14-15H2,1-5H3;7-11,13,17-18,20-23,27H,6,14-15H2,1-5H3/b27-24-;/t2*12?,17-,18-,20-,21-,22-,23-,26+/m11/s1. The highest BCUT2D eigenvalue weighted by Gasteiger charge is 2.55. The van der Waals surface area contributed by atoms with E-state index in [1.807, 2.05) is 114 Å². The second-order valence-electron chi connectivity index (χ2n) is 18.5. The largest absolute Gasteiger partial charge is 0.457 e. The van der Waals surface area contributed by atoms with Gasteiger partial charge in [-0.25, -0.2) is 0 Å². The fourth-order valence-electron chi connectivity index (χ4n) is 9.08. The van der Waals surface area contributed by atoms with Crippen LogP contribution in [0.2, 0.25) is 0 Å². The molecule has 0 aliphatic carbocycles. The van der Waals surface area contributed by atoms with Gasteiger partial charge in [-0.15, -0.1) is 11.5 Å². The van der Waals surface area contributed by atoms with Crippen molar-refractivity contribution in [1.82, 2.24) is 0 Å². The molecule has 0 saturated carbocycles. The van der Waals surface area contributed by atoms with Gasteiger partial charge < -0.3 is 43.8 Å². The SMILES string of the molecule is CC[C@H]1OC(=O)[C@H](C)[C@H]2O[C@@](C)(C[C@@H](C)[C@H](OCc3ccccc3)C=C=C1C)/C(=N\O)[C@@H]2O.CC[C@H]1OC(=O)[C@H](C)[C@H]2O[C@@](C)(C[C@@H](C)[C@H](OCc3ccccc3)C=C=C1C)C(=O)[C@@H]2O. The molecule has 2 fully saturated rings. The van der Waals surface area contributed by atoms with Crippen molar-refractivity contribution >= 4 is 23.4 Å². The van der Waals surface area contributed by atoms with Crippen molar-refractivity contribution in [2.24, 2.45) is 28.8 Å². The van der Waals surface area contributed by atoms with Gasteiger partial charge in [0.25, 0.3) is 0 Å². The van der Waals surface area contributed by atoms with E-state index in [1.165, 1.54) is 0 Å². The molecule has 13 nitrogen and oxygen atoms in total. The van der Waals surface area contributed by atoms with E-state index in [0.29, 0.717) is 38.9 Å². The third-order valence-corrected chi connectivity index (χ3v) is 13.2. The Labute approximate surface area is 384 Å². The van der Waals surface area contributed by atoms with Crippen LogP contribution >= 0.6 is 0 Å². The summed E-state index contributed by atoms with van der Waals surface area (Å²) in [6.45, 7) is 19.2. The minimum Gasteiger partial charge on any atom is -0.457 e. The lowest BCUT2D eigenvalue weighted by Gasteiger charge is -2.31. The molecule has 14 atom stereocenters. The lowest BCUT2D eigenvalue weighted by atomic mass is 9.84. The Hall–Kier alpha value is -4.68. The summed E-state index contributed by atoms with van der Waals surface area (Å²) >= 11 is 0. The van der Waals surface area contributed by atoms with E-state index in [-0.39, 0.29) is 29.8 Å². The fourth-order valence-corrected chi connectivity index (χ4v) is 9.08. The average molecular weight is 900 g/mol. The normalized spacial score (nSPS) is 36.2. The van der Waals surface area contributed by atoms with Gasteiger partial charge in [0.15, 0.2) is 5.78 Å². The minimum absolute atomic E-state index is 0.0746. The molecule has 3 N–H and O–H groups in total. The molecule has 4 heterocycles. The Bertz CT molecular complexity index is 2110. The van der Waals surface area contributed by atoms with Crippen molar-refractivity contribution in [2.45, 2.75) is 168 Å². The summed E-state index contributed by atoms with van der Waals surface area (Å²) in [5.74, 6) is -3.08. The number of cyclic esters (lactones) is 2. The zero-order chi connectivity index (χ0) is 47.6. The summed E-state index contributed by atoms with van der Waals surface area (Å²) in [6.07, 6.45) is -0.333. The summed E-state index contributed by atoms with van der Waals surface area (Å²) in [6, 6.07) is 19.8. The third kappa shape index (κ3) is 12.4. The predicted molar refractivity (Wildman–Crippen MR) is 244 cm³/mol. The number of benzene rings is 2. The Kier molecular flexibility index (Phi) is 17.9. The van der Waals surface area contributed by atoms with Gasteiger partial charge in [-0.1, -0.05) is 93.5 Å². The molecular weight excluding hydrogens is 831 g/mol. The number of rotatable bonds is 8. The molecule has 354 valence electrons. The molecule has 4 aliphatic heterocycles. The number of carbonyl (C=O) groups is 3. The van der Waals surface area contributed by atoms with Gasteiger partial charge >= 0.3 is 11.9 Å². The number of hydrogen-bond donors (Lipinski definition) is 3. The van der Waals surface area contributed by atoms with Gasteiger partial charge in [-0.3, -0.25) is 14.4 Å². The number of nitrogens with zero attached hydrogens (tertiary/aromatic N) is 1. The smallest absolute Gasteiger partial charge is 0.312 e. The van der Waals surface area contributed by atoms with E-state index >= 15 is 0 Å². The number of aliphatic hydroxyl groups is 2. The first-order valence-corrected chi connectivity index (χ1v) is 22.9. The molecular formula is C52H69NO12. The summed E-state index contributed by atoms with van der Waals surface area (Å²) < 4.78 is 36.2. The molecule has 0 unspecified atom stereocenters. The molecule has 4 bridgehead atoms. The maximum absolute atomic E-state index is 12.9. The van der Waals surface area contributed by atoms with E-state index in [0.717, 1.165) is 22.3 Å². The first-order chi connectivity index (χ1) is 30.9. The van der Waals surface area contributed by atoms with Crippen LogP contribution in [0, 0.1) is 23.7 Å². The van der Waals surface area contributed by atoms with Crippen molar-refractivity contribution in [3.8, 4) is 0 Å². The van der Waals surface area contributed by atoms with Gasteiger partial charge in [0, 0.05) is 11.1 Å². The van der Waals surface area contributed by atoms with Gasteiger partial charge in [0.2, 0.25) is 0 Å². The lowest BCUT2D eigenvalue weighted by Crippen LogP contribution is -2.40. The molecule has 13 heteroatoms. The maximum Gasteiger partial charge on any atom is 0.312 e. The van der Waals surface area contributed by atoms with Crippen LogP contribution in [0.4, 0.5) is 0 Å². The Morgan fingerprint density at radius 2 is 1.06 bits per heavy atom. The van der Waals surface area contributed by atoms with Crippen molar-refractivity contribution in [3.05, 3.63) is 107 Å². The van der Waals surface area contributed by atoms with Crippen LogP contribution in [0.1, 0.15) is 106 Å². The summed E-state index contributed by atoms with van der Waals surface area (Å²) in [4.78, 5) is 38.6. The second kappa shape index (κ2) is 22.7. The second-order valence-corrected chi connectivity index (χ2v) is 18.5. The minimum atomic E-state index is -1.37. The summed E-state index contributed by atoms with van der Waals surface area (Å²) in [7, 11) is 0. The molecule has 0 radical (unpaired) electrons. The number of ether oxygens (including phenoxy) is 6. The lowest BCUT2D eigenvalue weighted by molar-refractivity contribution is -0.162. The molecule has 2 aromatic carbocycles. The van der Waals surface area contributed by atoms with E-state index in [9.17, 15) is 29.8 Å². The number of fused-ring (bicyclic) bond motifs is 4. The number of ketones is 1. The molecule has 0 amide bonds. The van der Waals surface area contributed by atoms with Crippen LogP contribution in [0.3, 0.4) is 0 Å². The van der Waals surface area contributed by atoms with Gasteiger partial charge in [0.1, 0.15) is 53.5 Å². The van der Waals surface area contributed by atoms with E-state index < -0.39 is 77.4 Å². The van der Waals surface area contributed by atoms with Crippen molar-refractivity contribution in [2.75, 3.05) is 0 Å². The molecule has 6 rings (SSSR count). The molecule has 0 spiro atoms. The van der Waals surface area contributed by atoms with Crippen LogP contribution < -0.4 is 0 Å². The van der Waals surface area contributed by atoms with E-state index in [2.05, 4.69) is 16.6 Å². The van der Waals surface area contributed by atoms with E-state index in [1.54, 1.807) is 27.7 Å².